The summed E-state index contributed by atoms with van der Waals surface area (Å²) in [7, 11) is 1.71. The van der Waals surface area contributed by atoms with Gasteiger partial charge in [-0.1, -0.05) is 5.16 Å². The van der Waals surface area contributed by atoms with Crippen molar-refractivity contribution in [3.8, 4) is 0 Å². The van der Waals surface area contributed by atoms with Crippen molar-refractivity contribution in [1.82, 2.24) is 9.97 Å². The highest BCUT2D eigenvalue weighted by Crippen LogP contribution is 1.99. The van der Waals surface area contributed by atoms with Crippen molar-refractivity contribution in [2.45, 2.75) is 0 Å². The van der Waals surface area contributed by atoms with Gasteiger partial charge >= 0.3 is 0 Å². The molecule has 0 spiro atoms. The van der Waals surface area contributed by atoms with E-state index in [9.17, 15) is 0 Å². The summed E-state index contributed by atoms with van der Waals surface area (Å²) in [5.41, 5.74) is 5.62. The molecule has 0 atom stereocenters. The molecular formula is C6H9N5O. The molecule has 0 aliphatic heterocycles. The van der Waals surface area contributed by atoms with Gasteiger partial charge in [0.1, 0.15) is 11.5 Å². The first-order chi connectivity index (χ1) is 5.77. The Bertz CT molecular complexity index is 298. The van der Waals surface area contributed by atoms with Gasteiger partial charge in [-0.25, -0.2) is 4.98 Å². The lowest BCUT2D eigenvalue weighted by molar-refractivity contribution is 0.318. The molecule has 0 unspecified atom stereocenters. The van der Waals surface area contributed by atoms with E-state index >= 15 is 0 Å². The Morgan fingerprint density at radius 3 is 3.00 bits per heavy atom. The fourth-order valence-electron chi connectivity index (χ4n) is 0.661. The summed E-state index contributed by atoms with van der Waals surface area (Å²) in [5, 5.41) is 13.9. The summed E-state index contributed by atoms with van der Waals surface area (Å²) in [6.07, 6.45) is 2.95. The van der Waals surface area contributed by atoms with Gasteiger partial charge in [-0.2, -0.15) is 0 Å². The van der Waals surface area contributed by atoms with Gasteiger partial charge < -0.3 is 16.3 Å². The van der Waals surface area contributed by atoms with Crippen molar-refractivity contribution in [3.05, 3.63) is 18.1 Å². The van der Waals surface area contributed by atoms with Gasteiger partial charge in [0.05, 0.1) is 12.4 Å². The van der Waals surface area contributed by atoms with Crippen LogP contribution in [0.15, 0.2) is 17.5 Å². The summed E-state index contributed by atoms with van der Waals surface area (Å²) in [6, 6.07) is 0. The average Bonchev–Trinajstić information content (AvgIpc) is 2.17. The minimum atomic E-state index is -0.0559. The smallest absolute Gasteiger partial charge is 0.190 e. The van der Waals surface area contributed by atoms with Gasteiger partial charge in [0, 0.05) is 7.05 Å². The number of rotatable bonds is 2. The van der Waals surface area contributed by atoms with Gasteiger partial charge in [0.25, 0.3) is 0 Å². The molecule has 64 valence electrons. The molecule has 0 aromatic carbocycles. The van der Waals surface area contributed by atoms with Crippen LogP contribution in [0.5, 0.6) is 0 Å². The lowest BCUT2D eigenvalue weighted by atomic mass is 10.4. The molecule has 1 aromatic heterocycles. The van der Waals surface area contributed by atoms with E-state index in [4.69, 9.17) is 10.9 Å². The Labute approximate surface area is 69.1 Å². The maximum Gasteiger partial charge on any atom is 0.190 e. The van der Waals surface area contributed by atoms with Crippen LogP contribution in [0.25, 0.3) is 0 Å². The number of oxime groups is 1. The molecule has 0 bridgehead atoms. The molecular weight excluding hydrogens is 158 g/mol. The van der Waals surface area contributed by atoms with E-state index in [1.54, 1.807) is 7.05 Å². The number of hydrogen-bond acceptors (Lipinski definition) is 5. The lowest BCUT2D eigenvalue weighted by Crippen LogP contribution is -2.15. The van der Waals surface area contributed by atoms with Crippen LogP contribution in [0.4, 0.5) is 5.82 Å². The quantitative estimate of drug-likeness (QED) is 0.241. The summed E-state index contributed by atoms with van der Waals surface area (Å²) in [6.45, 7) is 0. The third kappa shape index (κ3) is 1.60. The summed E-state index contributed by atoms with van der Waals surface area (Å²) in [4.78, 5) is 7.80. The van der Waals surface area contributed by atoms with Crippen LogP contribution in [-0.2, 0) is 0 Å². The fraction of sp³-hybridized carbons (Fsp3) is 0.167. The molecule has 4 N–H and O–H groups in total. The molecule has 6 heteroatoms. The lowest BCUT2D eigenvalue weighted by Gasteiger charge is -2.00. The molecule has 0 aliphatic carbocycles. The molecule has 6 nitrogen and oxygen atoms in total. The summed E-state index contributed by atoms with van der Waals surface area (Å²) in [5.74, 6) is 0.513. The molecule has 12 heavy (non-hydrogen) atoms. The van der Waals surface area contributed by atoms with Crippen molar-refractivity contribution in [2.75, 3.05) is 12.4 Å². The van der Waals surface area contributed by atoms with Crippen molar-refractivity contribution in [3.63, 3.8) is 0 Å². The number of nitrogens with two attached hydrogens (primary N) is 1. The van der Waals surface area contributed by atoms with Gasteiger partial charge in [-0.3, -0.25) is 4.98 Å². The Hall–Kier alpha value is -1.85. The normalized spacial score (nSPS) is 11.2. The van der Waals surface area contributed by atoms with Crippen molar-refractivity contribution in [2.24, 2.45) is 10.9 Å². The number of aromatic nitrogens is 2. The molecule has 0 saturated heterocycles. The predicted molar refractivity (Wildman–Crippen MR) is 44.1 cm³/mol. The van der Waals surface area contributed by atoms with E-state index in [0.29, 0.717) is 11.5 Å². The van der Waals surface area contributed by atoms with Crippen LogP contribution in [0.2, 0.25) is 0 Å². The summed E-state index contributed by atoms with van der Waals surface area (Å²) >= 11 is 0. The van der Waals surface area contributed by atoms with Crippen LogP contribution in [0, 0.1) is 0 Å². The maximum absolute atomic E-state index is 8.33. The number of nitrogens with zero attached hydrogens (tertiary/aromatic N) is 3. The van der Waals surface area contributed by atoms with Gasteiger partial charge in [-0.15, -0.1) is 0 Å². The molecule has 0 amide bonds. The van der Waals surface area contributed by atoms with E-state index in [1.165, 1.54) is 12.4 Å². The highest BCUT2D eigenvalue weighted by atomic mass is 16.4. The number of nitrogens with one attached hydrogen (secondary N) is 1. The van der Waals surface area contributed by atoms with E-state index < -0.39 is 0 Å². The van der Waals surface area contributed by atoms with Crippen LogP contribution in [0.1, 0.15) is 5.69 Å². The zero-order chi connectivity index (χ0) is 8.97. The first-order valence-corrected chi connectivity index (χ1v) is 3.25. The third-order valence-corrected chi connectivity index (χ3v) is 1.26. The van der Waals surface area contributed by atoms with Gasteiger partial charge in [0.2, 0.25) is 0 Å². The molecule has 0 saturated carbocycles. The summed E-state index contributed by atoms with van der Waals surface area (Å²) < 4.78 is 0. The average molecular weight is 167 g/mol. The first kappa shape index (κ1) is 8.25. The highest BCUT2D eigenvalue weighted by Gasteiger charge is 2.01. The van der Waals surface area contributed by atoms with Crippen molar-refractivity contribution >= 4 is 11.7 Å². The van der Waals surface area contributed by atoms with Crippen molar-refractivity contribution < 1.29 is 5.21 Å². The minimum Gasteiger partial charge on any atom is -0.409 e. The second-order valence-electron chi connectivity index (χ2n) is 2.02. The molecule has 1 heterocycles. The number of hydrogen-bond donors (Lipinski definition) is 3. The largest absolute Gasteiger partial charge is 0.409 e. The SMILES string of the molecule is CNc1cncc(/C(N)=N/O)n1. The zero-order valence-electron chi connectivity index (χ0n) is 6.52. The van der Waals surface area contributed by atoms with Crippen LogP contribution in [-0.4, -0.2) is 28.1 Å². The minimum absolute atomic E-state index is 0.0559. The maximum atomic E-state index is 8.33. The Balaban J connectivity index is 3.02. The van der Waals surface area contributed by atoms with Crippen LogP contribution < -0.4 is 11.1 Å². The fourth-order valence-corrected chi connectivity index (χ4v) is 0.661. The monoisotopic (exact) mass is 167 g/mol. The van der Waals surface area contributed by atoms with E-state index in [0.717, 1.165) is 0 Å². The topological polar surface area (TPSA) is 96.4 Å². The third-order valence-electron chi connectivity index (χ3n) is 1.26. The second-order valence-corrected chi connectivity index (χ2v) is 2.02. The molecule has 0 aliphatic rings. The molecule has 0 fully saturated rings. The van der Waals surface area contributed by atoms with E-state index in [-0.39, 0.29) is 5.84 Å². The Morgan fingerprint density at radius 2 is 2.42 bits per heavy atom. The molecule has 1 rings (SSSR count). The standard InChI is InChI=1S/C6H9N5O/c1-8-5-3-9-2-4(10-5)6(7)11-12/h2-3,12H,1H3,(H2,7,11)(H,8,10). The molecule has 0 radical (unpaired) electrons. The van der Waals surface area contributed by atoms with Gasteiger partial charge in [-0.05, 0) is 0 Å². The number of anilines is 1. The Kier molecular flexibility index (Phi) is 2.42. The predicted octanol–water partition coefficient (Wildman–Crippen LogP) is -0.387. The molecule has 1 aromatic rings. The Morgan fingerprint density at radius 1 is 1.67 bits per heavy atom. The zero-order valence-corrected chi connectivity index (χ0v) is 6.52. The van der Waals surface area contributed by atoms with E-state index in [2.05, 4.69) is 20.4 Å². The second kappa shape index (κ2) is 3.51. The van der Waals surface area contributed by atoms with Crippen molar-refractivity contribution in [1.29, 1.82) is 0 Å². The van der Waals surface area contributed by atoms with Crippen LogP contribution in [0.3, 0.4) is 0 Å². The number of amidine groups is 1. The first-order valence-electron chi connectivity index (χ1n) is 3.25. The highest BCUT2D eigenvalue weighted by molar-refractivity contribution is 5.95. The van der Waals surface area contributed by atoms with Crippen LogP contribution >= 0.6 is 0 Å². The van der Waals surface area contributed by atoms with Gasteiger partial charge in [0.15, 0.2) is 5.84 Å². The van der Waals surface area contributed by atoms with E-state index in [1.807, 2.05) is 0 Å².